The molecule has 0 aliphatic carbocycles. The number of rotatable bonds is 6. The molecule has 10 heteroatoms. The van der Waals surface area contributed by atoms with Crippen LogP contribution in [-0.4, -0.2) is 51.3 Å². The number of halogens is 1. The molecule has 1 fully saturated rings. The molecule has 0 unspecified atom stereocenters. The van der Waals surface area contributed by atoms with E-state index in [1.54, 1.807) is 31.2 Å². The van der Waals surface area contributed by atoms with E-state index in [-0.39, 0.29) is 24.0 Å². The molecule has 0 saturated carbocycles. The Morgan fingerprint density at radius 1 is 1.27 bits per heavy atom. The largest absolute Gasteiger partial charge is 0.486 e. The van der Waals surface area contributed by atoms with Crippen molar-refractivity contribution >= 4 is 34.3 Å². The van der Waals surface area contributed by atoms with Gasteiger partial charge in [0.1, 0.15) is 18.2 Å². The lowest BCUT2D eigenvalue weighted by Crippen LogP contribution is -2.40. The van der Waals surface area contributed by atoms with E-state index in [4.69, 9.17) is 16.3 Å². The third-order valence-electron chi connectivity index (χ3n) is 5.73. The van der Waals surface area contributed by atoms with Crippen LogP contribution in [0.15, 0.2) is 41.5 Å². The van der Waals surface area contributed by atoms with Crippen molar-refractivity contribution in [3.8, 4) is 5.75 Å². The fraction of sp³-hybridized carbons (Fsp3) is 0.348. The first kappa shape index (κ1) is 22.7. The van der Waals surface area contributed by atoms with Crippen molar-refractivity contribution in [3.05, 3.63) is 63.4 Å². The number of aromatic nitrogens is 3. The summed E-state index contributed by atoms with van der Waals surface area (Å²) in [5.41, 5.74) is 0.510. The van der Waals surface area contributed by atoms with Gasteiger partial charge in [-0.2, -0.15) is 0 Å². The van der Waals surface area contributed by atoms with Crippen molar-refractivity contribution in [3.63, 3.8) is 0 Å². The van der Waals surface area contributed by atoms with Gasteiger partial charge in [-0.15, -0.1) is 0 Å². The molecule has 4 rings (SSSR count). The summed E-state index contributed by atoms with van der Waals surface area (Å²) in [6.45, 7) is 3.52. The molecule has 172 valence electrons. The number of nitrogens with zero attached hydrogens (tertiary/aromatic N) is 3. The Bertz CT molecular complexity index is 1240. The molecule has 1 saturated heterocycles. The highest BCUT2D eigenvalue weighted by Gasteiger charge is 2.21. The number of piperidine rings is 1. The molecule has 3 aromatic rings. The molecule has 1 aromatic carbocycles. The Morgan fingerprint density at radius 2 is 2.06 bits per heavy atom. The maximum Gasteiger partial charge on any atom is 0.258 e. The molecular formula is C23H24ClN5O4. The van der Waals surface area contributed by atoms with Gasteiger partial charge in [-0.1, -0.05) is 11.6 Å². The van der Waals surface area contributed by atoms with Crippen LogP contribution in [0.25, 0.3) is 10.9 Å². The van der Waals surface area contributed by atoms with Gasteiger partial charge in [0.25, 0.3) is 11.5 Å². The lowest BCUT2D eigenvalue weighted by molar-refractivity contribution is -0.130. The molecule has 0 spiro atoms. The maximum absolute atomic E-state index is 12.7. The summed E-state index contributed by atoms with van der Waals surface area (Å²) < 4.78 is 5.74. The number of carbonyl (C=O) groups excluding carboxylic acids is 2. The van der Waals surface area contributed by atoms with Gasteiger partial charge < -0.3 is 19.9 Å². The second kappa shape index (κ2) is 9.99. The number of fused-ring (bicyclic) bond motifs is 1. The lowest BCUT2D eigenvalue weighted by Gasteiger charge is -2.31. The van der Waals surface area contributed by atoms with E-state index in [9.17, 15) is 14.4 Å². The van der Waals surface area contributed by atoms with Crippen LogP contribution in [0, 0.1) is 5.92 Å². The normalized spacial score (nSPS) is 14.3. The zero-order valence-corrected chi connectivity index (χ0v) is 18.9. The van der Waals surface area contributed by atoms with Crippen LogP contribution in [0.5, 0.6) is 5.75 Å². The van der Waals surface area contributed by atoms with E-state index in [1.807, 2.05) is 4.90 Å². The van der Waals surface area contributed by atoms with Crippen LogP contribution < -0.4 is 15.6 Å². The number of H-pyrrole nitrogens is 1. The number of aromatic amines is 1. The molecule has 2 N–H and O–H groups in total. The van der Waals surface area contributed by atoms with Gasteiger partial charge in [0.05, 0.1) is 27.7 Å². The minimum Gasteiger partial charge on any atom is -0.486 e. The molecule has 0 bridgehead atoms. The van der Waals surface area contributed by atoms with Crippen molar-refractivity contribution in [2.75, 3.05) is 19.6 Å². The molecule has 0 radical (unpaired) electrons. The molecule has 1 aliphatic rings. The number of hydrogen-bond donors (Lipinski definition) is 2. The van der Waals surface area contributed by atoms with Crippen molar-refractivity contribution in [1.29, 1.82) is 0 Å². The molecule has 2 aromatic heterocycles. The van der Waals surface area contributed by atoms with Gasteiger partial charge in [-0.25, -0.2) is 4.98 Å². The fourth-order valence-corrected chi connectivity index (χ4v) is 4.01. The predicted octanol–water partition coefficient (Wildman–Crippen LogP) is 2.54. The van der Waals surface area contributed by atoms with Crippen LogP contribution in [0.3, 0.4) is 0 Å². The van der Waals surface area contributed by atoms with Gasteiger partial charge in [-0.3, -0.25) is 19.4 Å². The smallest absolute Gasteiger partial charge is 0.258 e. The predicted molar refractivity (Wildman–Crippen MR) is 123 cm³/mol. The Labute approximate surface area is 195 Å². The minimum absolute atomic E-state index is 0.0114. The van der Waals surface area contributed by atoms with E-state index < -0.39 is 0 Å². The first-order chi connectivity index (χ1) is 15.9. The standard InChI is InChI=1S/C23H24ClN5O4/c1-14(30)29-8-5-15(6-9-29)11-26-22(31)18-10-16(2-3-19(18)24)33-13-21-27-20-12-25-7-4-17(20)23(32)28-21/h2-4,7,10,12,15H,5-6,8-9,11,13H2,1H3,(H,26,31)(H,27,28,32). The summed E-state index contributed by atoms with van der Waals surface area (Å²) >= 11 is 6.24. The summed E-state index contributed by atoms with van der Waals surface area (Å²) in [7, 11) is 0. The zero-order valence-electron chi connectivity index (χ0n) is 18.1. The highest BCUT2D eigenvalue weighted by Crippen LogP contribution is 2.23. The molecule has 3 heterocycles. The van der Waals surface area contributed by atoms with Crippen molar-refractivity contribution < 1.29 is 14.3 Å². The highest BCUT2D eigenvalue weighted by atomic mass is 35.5. The minimum atomic E-state index is -0.289. The summed E-state index contributed by atoms with van der Waals surface area (Å²) in [6, 6.07) is 6.41. The third-order valence-corrected chi connectivity index (χ3v) is 6.06. The van der Waals surface area contributed by atoms with Crippen molar-refractivity contribution in [2.24, 2.45) is 5.92 Å². The van der Waals surface area contributed by atoms with Gasteiger partial charge in [0.2, 0.25) is 5.91 Å². The molecule has 1 aliphatic heterocycles. The Hall–Kier alpha value is -3.46. The highest BCUT2D eigenvalue weighted by molar-refractivity contribution is 6.33. The number of nitrogens with one attached hydrogen (secondary N) is 2. The number of pyridine rings is 1. The van der Waals surface area contributed by atoms with Gasteiger partial charge in [0.15, 0.2) is 0 Å². The Morgan fingerprint density at radius 3 is 2.82 bits per heavy atom. The summed E-state index contributed by atoms with van der Waals surface area (Å²) in [6.07, 6.45) is 4.75. The summed E-state index contributed by atoms with van der Waals surface area (Å²) in [5.74, 6) is 0.878. The number of ether oxygens (including phenoxy) is 1. The number of carbonyl (C=O) groups is 2. The third kappa shape index (κ3) is 5.48. The van der Waals surface area contributed by atoms with E-state index in [1.165, 1.54) is 12.4 Å². The number of amides is 2. The second-order valence-corrected chi connectivity index (χ2v) is 8.40. The van der Waals surface area contributed by atoms with Gasteiger partial charge in [-0.05, 0) is 43.0 Å². The van der Waals surface area contributed by atoms with Gasteiger partial charge >= 0.3 is 0 Å². The molecule has 9 nitrogen and oxygen atoms in total. The van der Waals surface area contributed by atoms with Crippen LogP contribution in [0.4, 0.5) is 0 Å². The Balaban J connectivity index is 1.37. The fourth-order valence-electron chi connectivity index (χ4n) is 3.81. The summed E-state index contributed by atoms with van der Waals surface area (Å²) in [5, 5.41) is 3.70. The maximum atomic E-state index is 12.7. The van der Waals surface area contributed by atoms with E-state index in [0.29, 0.717) is 58.6 Å². The average Bonchev–Trinajstić information content (AvgIpc) is 2.82. The first-order valence-corrected chi connectivity index (χ1v) is 11.1. The number of hydrogen-bond acceptors (Lipinski definition) is 6. The quantitative estimate of drug-likeness (QED) is 0.573. The molecular weight excluding hydrogens is 446 g/mol. The van der Waals surface area contributed by atoms with E-state index in [0.717, 1.165) is 12.8 Å². The Kier molecular flexibility index (Phi) is 6.88. The van der Waals surface area contributed by atoms with E-state index in [2.05, 4.69) is 20.3 Å². The van der Waals surface area contributed by atoms with Crippen LogP contribution in [-0.2, 0) is 11.4 Å². The number of benzene rings is 1. The summed E-state index contributed by atoms with van der Waals surface area (Å²) in [4.78, 5) is 49.2. The van der Waals surface area contributed by atoms with Crippen molar-refractivity contribution in [1.82, 2.24) is 25.2 Å². The molecule has 33 heavy (non-hydrogen) atoms. The SMILES string of the molecule is CC(=O)N1CCC(CNC(=O)c2cc(OCc3nc4cnccc4c(=O)[nH]3)ccc2Cl)CC1. The van der Waals surface area contributed by atoms with Gasteiger partial charge in [0, 0.05) is 32.8 Å². The molecule has 0 atom stereocenters. The second-order valence-electron chi connectivity index (χ2n) is 8.00. The topological polar surface area (TPSA) is 117 Å². The lowest BCUT2D eigenvalue weighted by atomic mass is 9.96. The molecule has 2 amide bonds. The average molecular weight is 470 g/mol. The van der Waals surface area contributed by atoms with E-state index >= 15 is 0 Å². The van der Waals surface area contributed by atoms with Crippen molar-refractivity contribution in [2.45, 2.75) is 26.4 Å². The first-order valence-electron chi connectivity index (χ1n) is 10.7. The number of likely N-dealkylation sites (tertiary alicyclic amines) is 1. The van der Waals surface area contributed by atoms with Crippen LogP contribution in [0.1, 0.15) is 35.9 Å². The van der Waals surface area contributed by atoms with Crippen LogP contribution in [0.2, 0.25) is 5.02 Å². The van der Waals surface area contributed by atoms with Crippen LogP contribution >= 0.6 is 11.6 Å². The zero-order chi connectivity index (χ0) is 23.4. The monoisotopic (exact) mass is 469 g/mol.